The summed E-state index contributed by atoms with van der Waals surface area (Å²) in [6.07, 6.45) is -0.735. The number of cyclic esters (lactones) is 1. The van der Waals surface area contributed by atoms with Gasteiger partial charge in [0.05, 0.1) is 13.1 Å². The molecule has 3 rings (SSSR count). The molecule has 0 saturated carbocycles. The number of rotatable bonds is 4. The molecular weight excluding hydrogens is 304 g/mol. The first kappa shape index (κ1) is 16.1. The Kier molecular flexibility index (Phi) is 4.51. The predicted molar refractivity (Wildman–Crippen MR) is 92.3 cm³/mol. The van der Waals surface area contributed by atoms with Crippen LogP contribution in [0.1, 0.15) is 21.5 Å². The van der Waals surface area contributed by atoms with E-state index in [1.165, 1.54) is 0 Å². The van der Waals surface area contributed by atoms with Crippen LogP contribution in [-0.4, -0.2) is 31.2 Å². The van der Waals surface area contributed by atoms with Gasteiger partial charge in [-0.15, -0.1) is 0 Å². The van der Waals surface area contributed by atoms with Crippen molar-refractivity contribution in [3.8, 4) is 0 Å². The Morgan fingerprint density at radius 3 is 2.62 bits per heavy atom. The Balaban J connectivity index is 1.58. The standard InChI is InChI=1S/C19H20N2O3/c1-13-6-8-16(9-7-13)21-12-17(24-19(21)23)11-20-18(22)15-5-3-4-14(2)10-15/h3-10,17H,11-12H2,1-2H3,(H,20,22). The van der Waals surface area contributed by atoms with E-state index < -0.39 is 0 Å². The number of ether oxygens (including phenoxy) is 1. The molecule has 2 amide bonds. The lowest BCUT2D eigenvalue weighted by atomic mass is 10.1. The largest absolute Gasteiger partial charge is 0.442 e. The molecule has 1 saturated heterocycles. The molecule has 1 fully saturated rings. The molecule has 0 aromatic heterocycles. The van der Waals surface area contributed by atoms with Crippen LogP contribution in [0, 0.1) is 13.8 Å². The normalized spacial score (nSPS) is 16.8. The maximum atomic E-state index is 12.2. The summed E-state index contributed by atoms with van der Waals surface area (Å²) in [5, 5.41) is 2.83. The first-order valence-corrected chi connectivity index (χ1v) is 7.92. The summed E-state index contributed by atoms with van der Waals surface area (Å²) >= 11 is 0. The molecule has 0 aliphatic carbocycles. The van der Waals surface area contributed by atoms with E-state index in [0.29, 0.717) is 18.7 Å². The van der Waals surface area contributed by atoms with Crippen LogP contribution >= 0.6 is 0 Å². The van der Waals surface area contributed by atoms with E-state index in [9.17, 15) is 9.59 Å². The summed E-state index contributed by atoms with van der Waals surface area (Å²) in [6.45, 7) is 4.65. The lowest BCUT2D eigenvalue weighted by Crippen LogP contribution is -2.34. The first-order valence-electron chi connectivity index (χ1n) is 7.92. The van der Waals surface area contributed by atoms with E-state index >= 15 is 0 Å². The number of benzene rings is 2. The maximum Gasteiger partial charge on any atom is 0.414 e. The molecule has 1 atom stereocenters. The summed E-state index contributed by atoms with van der Waals surface area (Å²) < 4.78 is 5.34. The molecule has 1 aliphatic heterocycles. The fourth-order valence-corrected chi connectivity index (χ4v) is 2.66. The third kappa shape index (κ3) is 3.56. The molecule has 2 aromatic carbocycles. The van der Waals surface area contributed by atoms with Gasteiger partial charge < -0.3 is 10.1 Å². The summed E-state index contributed by atoms with van der Waals surface area (Å²) in [6, 6.07) is 15.1. The number of carbonyl (C=O) groups is 2. The van der Waals surface area contributed by atoms with Crippen molar-refractivity contribution in [2.24, 2.45) is 0 Å². The number of nitrogens with one attached hydrogen (secondary N) is 1. The number of amides is 2. The van der Waals surface area contributed by atoms with Crippen molar-refractivity contribution in [1.82, 2.24) is 5.32 Å². The second kappa shape index (κ2) is 6.74. The number of carbonyl (C=O) groups excluding carboxylic acids is 2. The number of aryl methyl sites for hydroxylation is 2. The highest BCUT2D eigenvalue weighted by atomic mass is 16.6. The van der Waals surface area contributed by atoms with Gasteiger partial charge in [0.15, 0.2) is 0 Å². The van der Waals surface area contributed by atoms with Crippen molar-refractivity contribution in [2.45, 2.75) is 20.0 Å². The zero-order chi connectivity index (χ0) is 17.1. The van der Waals surface area contributed by atoms with Gasteiger partial charge in [0.2, 0.25) is 0 Å². The van der Waals surface area contributed by atoms with Crippen LogP contribution in [0.5, 0.6) is 0 Å². The van der Waals surface area contributed by atoms with Crippen LogP contribution in [-0.2, 0) is 4.74 Å². The molecule has 0 radical (unpaired) electrons. The van der Waals surface area contributed by atoms with Gasteiger partial charge in [0, 0.05) is 11.3 Å². The average Bonchev–Trinajstić information content (AvgIpc) is 2.94. The Morgan fingerprint density at radius 2 is 1.92 bits per heavy atom. The van der Waals surface area contributed by atoms with Gasteiger partial charge in [-0.05, 0) is 38.1 Å². The van der Waals surface area contributed by atoms with E-state index in [1.54, 1.807) is 11.0 Å². The van der Waals surface area contributed by atoms with Crippen molar-refractivity contribution in [3.05, 3.63) is 65.2 Å². The molecule has 1 aliphatic rings. The lowest BCUT2D eigenvalue weighted by Gasteiger charge is -2.13. The smallest absolute Gasteiger partial charge is 0.414 e. The molecular formula is C19H20N2O3. The van der Waals surface area contributed by atoms with Crippen molar-refractivity contribution in [3.63, 3.8) is 0 Å². The number of hydrogen-bond donors (Lipinski definition) is 1. The molecule has 1 heterocycles. The Hall–Kier alpha value is -2.82. The zero-order valence-electron chi connectivity index (χ0n) is 13.8. The SMILES string of the molecule is Cc1ccc(N2CC(CNC(=O)c3cccc(C)c3)OC2=O)cc1. The van der Waals surface area contributed by atoms with Crippen LogP contribution < -0.4 is 10.2 Å². The Labute approximate surface area is 141 Å². The summed E-state index contributed by atoms with van der Waals surface area (Å²) in [5.41, 5.74) is 3.57. The fourth-order valence-electron chi connectivity index (χ4n) is 2.66. The molecule has 124 valence electrons. The molecule has 2 aromatic rings. The first-order chi connectivity index (χ1) is 11.5. The van der Waals surface area contributed by atoms with Crippen LogP contribution in [0.25, 0.3) is 0 Å². The highest BCUT2D eigenvalue weighted by Gasteiger charge is 2.32. The average molecular weight is 324 g/mol. The van der Waals surface area contributed by atoms with Gasteiger partial charge in [0.25, 0.3) is 5.91 Å². The van der Waals surface area contributed by atoms with Crippen LogP contribution in [0.3, 0.4) is 0 Å². The molecule has 24 heavy (non-hydrogen) atoms. The highest BCUT2D eigenvalue weighted by Crippen LogP contribution is 2.21. The van der Waals surface area contributed by atoms with Crippen LogP contribution in [0.15, 0.2) is 48.5 Å². The minimum atomic E-state index is -0.381. The third-order valence-corrected chi connectivity index (χ3v) is 3.99. The van der Waals surface area contributed by atoms with Gasteiger partial charge in [-0.3, -0.25) is 9.69 Å². The van der Waals surface area contributed by atoms with Crippen LogP contribution in [0.2, 0.25) is 0 Å². The maximum absolute atomic E-state index is 12.2. The van der Waals surface area contributed by atoms with E-state index in [2.05, 4.69) is 5.32 Å². The highest BCUT2D eigenvalue weighted by molar-refractivity contribution is 5.94. The Bertz CT molecular complexity index is 755. The van der Waals surface area contributed by atoms with E-state index in [4.69, 9.17) is 4.74 Å². The minimum Gasteiger partial charge on any atom is -0.442 e. The van der Waals surface area contributed by atoms with Gasteiger partial charge in [0.1, 0.15) is 6.10 Å². The van der Waals surface area contributed by atoms with Gasteiger partial charge >= 0.3 is 6.09 Å². The monoisotopic (exact) mass is 324 g/mol. The van der Waals surface area contributed by atoms with Crippen molar-refractivity contribution in [1.29, 1.82) is 0 Å². The third-order valence-electron chi connectivity index (χ3n) is 3.99. The second-order valence-electron chi connectivity index (χ2n) is 6.03. The fraction of sp³-hybridized carbons (Fsp3) is 0.263. The van der Waals surface area contributed by atoms with Gasteiger partial charge in [-0.1, -0.05) is 35.4 Å². The topological polar surface area (TPSA) is 58.6 Å². The van der Waals surface area contributed by atoms with Gasteiger partial charge in [-0.2, -0.15) is 0 Å². The lowest BCUT2D eigenvalue weighted by molar-refractivity contribution is 0.0916. The molecule has 1 unspecified atom stereocenters. The van der Waals surface area contributed by atoms with Crippen molar-refractivity contribution >= 4 is 17.7 Å². The summed E-state index contributed by atoms with van der Waals surface area (Å²) in [4.78, 5) is 25.8. The van der Waals surface area contributed by atoms with Crippen molar-refractivity contribution in [2.75, 3.05) is 18.0 Å². The van der Waals surface area contributed by atoms with E-state index in [0.717, 1.165) is 16.8 Å². The summed E-state index contributed by atoms with van der Waals surface area (Å²) in [7, 11) is 0. The summed E-state index contributed by atoms with van der Waals surface area (Å²) in [5.74, 6) is -0.163. The predicted octanol–water partition coefficient (Wildman–Crippen LogP) is 3.06. The molecule has 5 heteroatoms. The number of nitrogens with zero attached hydrogens (tertiary/aromatic N) is 1. The number of hydrogen-bond acceptors (Lipinski definition) is 3. The quantitative estimate of drug-likeness (QED) is 0.940. The zero-order valence-corrected chi connectivity index (χ0v) is 13.8. The molecule has 1 N–H and O–H groups in total. The van der Waals surface area contributed by atoms with Crippen LogP contribution in [0.4, 0.5) is 10.5 Å². The Morgan fingerprint density at radius 1 is 1.17 bits per heavy atom. The van der Waals surface area contributed by atoms with Crippen molar-refractivity contribution < 1.29 is 14.3 Å². The molecule has 0 spiro atoms. The minimum absolute atomic E-state index is 0.163. The van der Waals surface area contributed by atoms with Gasteiger partial charge in [-0.25, -0.2) is 4.79 Å². The molecule has 0 bridgehead atoms. The number of anilines is 1. The van der Waals surface area contributed by atoms with E-state index in [-0.39, 0.29) is 18.1 Å². The molecule has 5 nitrogen and oxygen atoms in total. The second-order valence-corrected chi connectivity index (χ2v) is 6.03. The van der Waals surface area contributed by atoms with E-state index in [1.807, 2.05) is 56.3 Å².